The maximum absolute atomic E-state index is 6.40. The fourth-order valence-corrected chi connectivity index (χ4v) is 8.45. The lowest BCUT2D eigenvalue weighted by Crippen LogP contribution is -2.00. The van der Waals surface area contributed by atoms with E-state index in [1.54, 1.807) is 11.3 Å². The van der Waals surface area contributed by atoms with Crippen LogP contribution in [0.2, 0.25) is 0 Å². The summed E-state index contributed by atoms with van der Waals surface area (Å²) in [4.78, 5) is 15.1. The minimum atomic E-state index is 0.572. The quantitative estimate of drug-likeness (QED) is 0.186. The first-order valence-corrected chi connectivity index (χ1v) is 17.7. The van der Waals surface area contributed by atoms with Gasteiger partial charge in [-0.1, -0.05) is 109 Å². The van der Waals surface area contributed by atoms with Crippen molar-refractivity contribution in [2.24, 2.45) is 0 Å². The van der Waals surface area contributed by atoms with Crippen molar-refractivity contribution >= 4 is 75.4 Å². The summed E-state index contributed by atoms with van der Waals surface area (Å²) in [6.07, 6.45) is 0. The third-order valence-corrected chi connectivity index (χ3v) is 10.9. The highest BCUT2D eigenvalue weighted by atomic mass is 32.1. The Balaban J connectivity index is 1.07. The predicted molar refractivity (Wildman–Crippen MR) is 209 cm³/mol. The third-order valence-electron chi connectivity index (χ3n) is 9.76. The van der Waals surface area contributed by atoms with Crippen molar-refractivity contribution in [3.8, 4) is 45.3 Å². The minimum absolute atomic E-state index is 0.572. The SMILES string of the molecule is c1ccc(-c2nc(-c3ccc4sc5cc(-c6cccc7c6oc6ccccc67)ccc5c4c3)nc(-c3cccc4c3oc3ccccc34)n2)cc1. The van der Waals surface area contributed by atoms with Gasteiger partial charge in [0.15, 0.2) is 17.5 Å². The Morgan fingerprint density at radius 1 is 0.353 bits per heavy atom. The number of hydrogen-bond donors (Lipinski definition) is 0. The molecule has 0 unspecified atom stereocenters. The van der Waals surface area contributed by atoms with Crippen LogP contribution in [0.4, 0.5) is 0 Å². The number of thiophene rings is 1. The van der Waals surface area contributed by atoms with Gasteiger partial charge in [-0.25, -0.2) is 15.0 Å². The molecule has 0 aliphatic rings. The predicted octanol–water partition coefficient (Wildman–Crippen LogP) is 12.7. The van der Waals surface area contributed by atoms with Crippen LogP contribution in [0.1, 0.15) is 0 Å². The summed E-state index contributed by atoms with van der Waals surface area (Å²) in [7, 11) is 0. The van der Waals surface area contributed by atoms with Crippen LogP contribution in [0.25, 0.3) is 109 Å². The molecule has 0 bridgehead atoms. The number of benzene rings is 7. The molecule has 0 aliphatic heterocycles. The minimum Gasteiger partial charge on any atom is -0.455 e. The molecule has 6 heteroatoms. The van der Waals surface area contributed by atoms with E-state index in [0.29, 0.717) is 17.5 Å². The molecule has 4 aromatic heterocycles. The van der Waals surface area contributed by atoms with Gasteiger partial charge in [-0.05, 0) is 48.0 Å². The number of hydrogen-bond acceptors (Lipinski definition) is 6. The van der Waals surface area contributed by atoms with E-state index in [4.69, 9.17) is 23.8 Å². The standard InChI is InChI=1S/C45H25N3O2S/c1-2-10-26(11-3-1)43-46-44(48-45(47-43)35-17-9-16-34-31-13-5-7-19-38(31)50-42(34)35)28-21-23-39-36(24-28)32-22-20-27(25-40(32)51-39)29-14-8-15-33-30-12-4-6-18-37(30)49-41(29)33/h1-25H. The summed E-state index contributed by atoms with van der Waals surface area (Å²) in [5.41, 5.74) is 8.33. The van der Waals surface area contributed by atoms with Crippen LogP contribution < -0.4 is 0 Å². The molecule has 7 aromatic carbocycles. The lowest BCUT2D eigenvalue weighted by atomic mass is 10.0. The average Bonchev–Trinajstić information content (AvgIpc) is 3.88. The molecule has 11 aromatic rings. The lowest BCUT2D eigenvalue weighted by Gasteiger charge is -2.09. The van der Waals surface area contributed by atoms with E-state index in [2.05, 4.69) is 78.9 Å². The van der Waals surface area contributed by atoms with Gasteiger partial charge < -0.3 is 8.83 Å². The van der Waals surface area contributed by atoms with Crippen molar-refractivity contribution in [3.63, 3.8) is 0 Å². The Labute approximate surface area is 295 Å². The van der Waals surface area contributed by atoms with Crippen molar-refractivity contribution in [3.05, 3.63) is 152 Å². The topological polar surface area (TPSA) is 65.0 Å². The van der Waals surface area contributed by atoms with Crippen LogP contribution in [0, 0.1) is 0 Å². The number of rotatable bonds is 4. The second-order valence-corrected chi connectivity index (χ2v) is 13.8. The second kappa shape index (κ2) is 10.9. The third kappa shape index (κ3) is 4.43. The van der Waals surface area contributed by atoms with Gasteiger partial charge in [-0.3, -0.25) is 0 Å². The van der Waals surface area contributed by atoms with Gasteiger partial charge >= 0.3 is 0 Å². The molecule has 4 heterocycles. The van der Waals surface area contributed by atoms with Crippen LogP contribution in [0.3, 0.4) is 0 Å². The number of para-hydroxylation sites is 4. The number of furan rings is 2. The van der Waals surface area contributed by atoms with Crippen molar-refractivity contribution in [2.45, 2.75) is 0 Å². The Hall–Kier alpha value is -6.63. The molecule has 0 saturated carbocycles. The van der Waals surface area contributed by atoms with Gasteiger partial charge in [-0.2, -0.15) is 0 Å². The zero-order valence-electron chi connectivity index (χ0n) is 27.0. The molecular weight excluding hydrogens is 647 g/mol. The highest BCUT2D eigenvalue weighted by Gasteiger charge is 2.19. The first kappa shape index (κ1) is 28.2. The molecule has 0 spiro atoms. The molecule has 0 fully saturated rings. The van der Waals surface area contributed by atoms with Gasteiger partial charge in [0.2, 0.25) is 0 Å². The maximum Gasteiger partial charge on any atom is 0.167 e. The molecule has 0 N–H and O–H groups in total. The van der Waals surface area contributed by atoms with E-state index in [0.717, 1.165) is 71.7 Å². The van der Waals surface area contributed by atoms with Crippen LogP contribution in [-0.2, 0) is 0 Å². The van der Waals surface area contributed by atoms with Crippen LogP contribution >= 0.6 is 11.3 Å². The van der Waals surface area contributed by atoms with E-state index < -0.39 is 0 Å². The Morgan fingerprint density at radius 2 is 0.941 bits per heavy atom. The van der Waals surface area contributed by atoms with E-state index in [1.165, 1.54) is 20.2 Å². The highest BCUT2D eigenvalue weighted by molar-refractivity contribution is 7.25. The van der Waals surface area contributed by atoms with Crippen molar-refractivity contribution in [1.29, 1.82) is 0 Å². The van der Waals surface area contributed by atoms with Crippen molar-refractivity contribution in [2.75, 3.05) is 0 Å². The summed E-state index contributed by atoms with van der Waals surface area (Å²) < 4.78 is 15.2. The Bertz CT molecular complexity index is 3160. The largest absolute Gasteiger partial charge is 0.455 e. The van der Waals surface area contributed by atoms with Gasteiger partial charge in [0, 0.05) is 58.4 Å². The fourth-order valence-electron chi connectivity index (χ4n) is 7.32. The maximum atomic E-state index is 6.40. The van der Waals surface area contributed by atoms with Gasteiger partial charge in [-0.15, -0.1) is 11.3 Å². The van der Waals surface area contributed by atoms with E-state index in [1.807, 2.05) is 72.8 Å². The summed E-state index contributed by atoms with van der Waals surface area (Å²) >= 11 is 1.79. The van der Waals surface area contributed by atoms with Crippen LogP contribution in [0.15, 0.2) is 160 Å². The van der Waals surface area contributed by atoms with Crippen LogP contribution in [0.5, 0.6) is 0 Å². The number of aromatic nitrogens is 3. The number of fused-ring (bicyclic) bond motifs is 9. The molecule has 0 amide bonds. The van der Waals surface area contributed by atoms with E-state index in [9.17, 15) is 0 Å². The van der Waals surface area contributed by atoms with E-state index in [-0.39, 0.29) is 0 Å². The lowest BCUT2D eigenvalue weighted by molar-refractivity contribution is 0.669. The second-order valence-electron chi connectivity index (χ2n) is 12.8. The van der Waals surface area contributed by atoms with Gasteiger partial charge in [0.1, 0.15) is 22.3 Å². The van der Waals surface area contributed by atoms with Gasteiger partial charge in [0.05, 0.1) is 5.56 Å². The number of nitrogens with zero attached hydrogens (tertiary/aromatic N) is 3. The fraction of sp³-hybridized carbons (Fsp3) is 0. The molecule has 51 heavy (non-hydrogen) atoms. The summed E-state index contributed by atoms with van der Waals surface area (Å²) in [6.45, 7) is 0. The molecule has 238 valence electrons. The van der Waals surface area contributed by atoms with Crippen LogP contribution in [-0.4, -0.2) is 15.0 Å². The Kier molecular flexibility index (Phi) is 6.05. The smallest absolute Gasteiger partial charge is 0.167 e. The summed E-state index contributed by atoms with van der Waals surface area (Å²) in [5.74, 6) is 1.80. The normalized spacial score (nSPS) is 11.9. The molecule has 0 aliphatic carbocycles. The molecule has 0 saturated heterocycles. The molecule has 11 rings (SSSR count). The van der Waals surface area contributed by atoms with E-state index >= 15 is 0 Å². The molecular formula is C45H25N3O2S. The summed E-state index contributed by atoms with van der Waals surface area (Å²) in [5, 5.41) is 6.74. The molecule has 0 radical (unpaired) electrons. The average molecular weight is 672 g/mol. The van der Waals surface area contributed by atoms with Crippen molar-refractivity contribution in [1.82, 2.24) is 15.0 Å². The zero-order chi connectivity index (χ0) is 33.5. The van der Waals surface area contributed by atoms with Gasteiger partial charge in [0.25, 0.3) is 0 Å². The monoisotopic (exact) mass is 671 g/mol. The zero-order valence-corrected chi connectivity index (χ0v) is 27.8. The Morgan fingerprint density at radius 3 is 1.69 bits per heavy atom. The highest BCUT2D eigenvalue weighted by Crippen LogP contribution is 2.41. The first-order chi connectivity index (χ1) is 25.2. The molecule has 0 atom stereocenters. The summed E-state index contributed by atoms with van der Waals surface area (Å²) in [6, 6.07) is 52.2. The molecule has 5 nitrogen and oxygen atoms in total. The van der Waals surface area contributed by atoms with Crippen molar-refractivity contribution < 1.29 is 8.83 Å². The first-order valence-electron chi connectivity index (χ1n) is 16.8.